The lowest BCUT2D eigenvalue weighted by molar-refractivity contribution is -0.107. The van der Waals surface area contributed by atoms with Gasteiger partial charge in [-0.1, -0.05) is 12.5 Å². The van der Waals surface area contributed by atoms with Crippen LogP contribution in [0.25, 0.3) is 21.5 Å². The monoisotopic (exact) mass is 688 g/mol. The summed E-state index contributed by atoms with van der Waals surface area (Å²) in [6, 6.07) is 16.9. The highest BCUT2D eigenvalue weighted by Gasteiger charge is 2.30. The number of carbonyl (C=O) groups is 2. The maximum absolute atomic E-state index is 11.2. The number of nitrogens with one attached hydrogen (secondary N) is 1. The Hall–Kier alpha value is -4.70. The van der Waals surface area contributed by atoms with Crippen LogP contribution in [0, 0.1) is 0 Å². The Morgan fingerprint density at radius 3 is 2.04 bits per heavy atom. The van der Waals surface area contributed by atoms with Gasteiger partial charge in [-0.2, -0.15) is 0 Å². The van der Waals surface area contributed by atoms with Crippen LogP contribution in [-0.2, 0) is 16.0 Å². The molecule has 1 aliphatic rings. The number of ether oxygens (including phenoxy) is 6. The fourth-order valence-corrected chi connectivity index (χ4v) is 6.34. The first-order valence-electron chi connectivity index (χ1n) is 17.0. The molecule has 1 aliphatic heterocycles. The molecule has 0 aromatic heterocycles. The number of nitrogens with zero attached hydrogens (tertiary/aromatic N) is 1. The Morgan fingerprint density at radius 1 is 0.780 bits per heavy atom. The second kappa shape index (κ2) is 17.3. The summed E-state index contributed by atoms with van der Waals surface area (Å²) in [5.41, 5.74) is 3.26. The SMILES string of the molecule is CC(C)(C)OC(=O)NCCCCCC=O.COc1ccc2cc(C3c4cc(OC)c(OC)cc4CCN3C)c3cc(OC)c(OC)cc3c2c1. The number of likely N-dealkylation sites (N-methyl/N-ethyl adjacent to an activating group) is 1. The van der Waals surface area contributed by atoms with Crippen molar-refractivity contribution in [2.24, 2.45) is 0 Å². The molecule has 1 unspecified atom stereocenters. The molecule has 0 radical (unpaired) electrons. The van der Waals surface area contributed by atoms with E-state index in [1.54, 1.807) is 35.5 Å². The number of aldehydes is 1. The summed E-state index contributed by atoms with van der Waals surface area (Å²) in [6.45, 7) is 7.03. The van der Waals surface area contributed by atoms with Gasteiger partial charge in [-0.15, -0.1) is 0 Å². The fourth-order valence-electron chi connectivity index (χ4n) is 6.34. The van der Waals surface area contributed by atoms with Crippen LogP contribution >= 0.6 is 0 Å². The molecule has 1 N–H and O–H groups in total. The average Bonchev–Trinajstić information content (AvgIpc) is 3.10. The molecule has 10 nitrogen and oxygen atoms in total. The van der Waals surface area contributed by atoms with Gasteiger partial charge in [0.2, 0.25) is 0 Å². The molecule has 10 heteroatoms. The molecule has 50 heavy (non-hydrogen) atoms. The third kappa shape index (κ3) is 9.09. The van der Waals surface area contributed by atoms with Gasteiger partial charge in [0.15, 0.2) is 23.0 Å². The van der Waals surface area contributed by atoms with E-state index in [0.29, 0.717) is 24.5 Å². The summed E-state index contributed by atoms with van der Waals surface area (Å²) in [6.07, 6.45) is 4.81. The number of fused-ring (bicyclic) bond motifs is 4. The van der Waals surface area contributed by atoms with Gasteiger partial charge >= 0.3 is 6.09 Å². The first kappa shape index (κ1) is 38.1. The first-order chi connectivity index (χ1) is 24.0. The lowest BCUT2D eigenvalue weighted by Gasteiger charge is -2.36. The number of unbranched alkanes of at least 4 members (excludes halogenated alkanes) is 3. The summed E-state index contributed by atoms with van der Waals surface area (Å²) >= 11 is 0. The van der Waals surface area contributed by atoms with Crippen LogP contribution in [0.4, 0.5) is 4.79 Å². The van der Waals surface area contributed by atoms with Crippen molar-refractivity contribution in [3.8, 4) is 28.7 Å². The van der Waals surface area contributed by atoms with Crippen LogP contribution in [0.15, 0.2) is 48.5 Å². The number of carbonyl (C=O) groups excluding carboxylic acids is 2. The van der Waals surface area contributed by atoms with Gasteiger partial charge in [0.25, 0.3) is 0 Å². The average molecular weight is 689 g/mol. The molecule has 1 atom stereocenters. The van der Waals surface area contributed by atoms with E-state index in [1.807, 2.05) is 26.8 Å². The van der Waals surface area contributed by atoms with Crippen molar-refractivity contribution in [2.45, 2.75) is 64.5 Å². The third-order valence-corrected chi connectivity index (χ3v) is 8.77. The van der Waals surface area contributed by atoms with Crippen LogP contribution in [0.1, 0.15) is 69.2 Å². The number of hydrogen-bond donors (Lipinski definition) is 1. The summed E-state index contributed by atoms with van der Waals surface area (Å²) in [7, 11) is 10.6. The van der Waals surface area contributed by atoms with Gasteiger partial charge in [0.05, 0.1) is 41.6 Å². The van der Waals surface area contributed by atoms with E-state index in [1.165, 1.54) is 16.7 Å². The van der Waals surface area contributed by atoms with E-state index >= 15 is 0 Å². The molecule has 270 valence electrons. The molecule has 0 saturated heterocycles. The zero-order valence-electron chi connectivity index (χ0n) is 30.9. The van der Waals surface area contributed by atoms with Crippen molar-refractivity contribution in [1.29, 1.82) is 0 Å². The number of amides is 1. The summed E-state index contributed by atoms with van der Waals surface area (Å²) in [5, 5.41) is 7.12. The van der Waals surface area contributed by atoms with Crippen molar-refractivity contribution in [2.75, 3.05) is 55.7 Å². The molecule has 1 amide bonds. The van der Waals surface area contributed by atoms with Crippen LogP contribution < -0.4 is 29.0 Å². The minimum atomic E-state index is -0.443. The quantitative estimate of drug-likeness (QED) is 0.0904. The van der Waals surface area contributed by atoms with E-state index in [0.717, 1.165) is 77.3 Å². The van der Waals surface area contributed by atoms with Crippen molar-refractivity contribution in [3.05, 3.63) is 65.2 Å². The molecule has 1 heterocycles. The smallest absolute Gasteiger partial charge is 0.407 e. The van der Waals surface area contributed by atoms with Gasteiger partial charge in [0, 0.05) is 19.5 Å². The van der Waals surface area contributed by atoms with Gasteiger partial charge in [-0.3, -0.25) is 4.90 Å². The van der Waals surface area contributed by atoms with E-state index in [2.05, 4.69) is 59.7 Å². The molecule has 5 rings (SSSR count). The molecular weight excluding hydrogens is 636 g/mol. The van der Waals surface area contributed by atoms with E-state index in [4.69, 9.17) is 28.4 Å². The largest absolute Gasteiger partial charge is 0.497 e. The number of benzene rings is 4. The Kier molecular flexibility index (Phi) is 13.2. The van der Waals surface area contributed by atoms with Crippen molar-refractivity contribution in [3.63, 3.8) is 0 Å². The van der Waals surface area contributed by atoms with Crippen molar-refractivity contribution in [1.82, 2.24) is 10.2 Å². The zero-order valence-corrected chi connectivity index (χ0v) is 30.9. The Bertz CT molecular complexity index is 1780. The summed E-state index contributed by atoms with van der Waals surface area (Å²) in [4.78, 5) is 23.6. The van der Waals surface area contributed by atoms with Crippen LogP contribution in [0.2, 0.25) is 0 Å². The molecular formula is C40H52N2O8. The number of rotatable bonds is 12. The number of methoxy groups -OCH3 is 5. The van der Waals surface area contributed by atoms with Crippen molar-refractivity contribution < 1.29 is 38.0 Å². The Labute approximate surface area is 295 Å². The molecule has 4 aromatic carbocycles. The second-order valence-electron chi connectivity index (χ2n) is 13.3. The molecule has 0 bridgehead atoms. The minimum Gasteiger partial charge on any atom is -0.497 e. The predicted octanol–water partition coefficient (Wildman–Crippen LogP) is 7.88. The molecule has 0 aliphatic carbocycles. The topological polar surface area (TPSA) is 105 Å². The maximum Gasteiger partial charge on any atom is 0.407 e. The van der Waals surface area contributed by atoms with Crippen LogP contribution in [-0.4, -0.2) is 78.6 Å². The van der Waals surface area contributed by atoms with Crippen LogP contribution in [0.5, 0.6) is 28.7 Å². The lowest BCUT2D eigenvalue weighted by atomic mass is 9.84. The normalized spacial score (nSPS) is 14.2. The zero-order chi connectivity index (χ0) is 36.4. The maximum atomic E-state index is 11.2. The highest BCUT2D eigenvalue weighted by molar-refractivity contribution is 6.11. The lowest BCUT2D eigenvalue weighted by Crippen LogP contribution is -2.33. The molecule has 4 aromatic rings. The third-order valence-electron chi connectivity index (χ3n) is 8.77. The number of alkyl carbamates (subject to hydrolysis) is 1. The van der Waals surface area contributed by atoms with Crippen molar-refractivity contribution >= 4 is 33.9 Å². The van der Waals surface area contributed by atoms with Gasteiger partial charge in [-0.25, -0.2) is 4.79 Å². The first-order valence-corrected chi connectivity index (χ1v) is 17.0. The minimum absolute atomic E-state index is 0.0330. The molecule has 0 saturated carbocycles. The van der Waals surface area contributed by atoms with Gasteiger partial charge in [0.1, 0.15) is 17.6 Å². The van der Waals surface area contributed by atoms with Gasteiger partial charge in [-0.05, 0) is 128 Å². The van der Waals surface area contributed by atoms with E-state index in [-0.39, 0.29) is 12.1 Å². The standard InChI is InChI=1S/C29H31NO5.C11H21NO3/c1-30-10-9-18-12-25(32-3)26(33-4)14-21(18)29(30)24-11-17-7-8-19(31-2)13-20(17)22-15-27(34-5)28(35-6)16-23(22)24;1-11(2,3)15-10(14)12-8-6-4-5-7-9-13/h7-8,11-16,29H,9-10H2,1-6H3;9H,4-8H2,1-3H3,(H,12,14). The predicted molar refractivity (Wildman–Crippen MR) is 198 cm³/mol. The highest BCUT2D eigenvalue weighted by atomic mass is 16.6. The van der Waals surface area contributed by atoms with E-state index < -0.39 is 5.60 Å². The van der Waals surface area contributed by atoms with E-state index in [9.17, 15) is 9.59 Å². The van der Waals surface area contributed by atoms with Gasteiger partial charge < -0.3 is 38.5 Å². The second-order valence-corrected chi connectivity index (χ2v) is 13.3. The Balaban J connectivity index is 0.000000318. The highest BCUT2D eigenvalue weighted by Crippen LogP contribution is 2.46. The number of hydrogen-bond acceptors (Lipinski definition) is 9. The van der Waals surface area contributed by atoms with Crippen LogP contribution in [0.3, 0.4) is 0 Å². The Morgan fingerprint density at radius 2 is 1.42 bits per heavy atom. The summed E-state index contributed by atoms with van der Waals surface area (Å²) in [5.74, 6) is 3.72. The summed E-state index contributed by atoms with van der Waals surface area (Å²) < 4.78 is 33.3. The molecule has 0 fully saturated rings. The molecule has 0 spiro atoms. The fraction of sp³-hybridized carbons (Fsp3) is 0.450.